The van der Waals surface area contributed by atoms with Gasteiger partial charge in [-0.1, -0.05) is 71.7 Å². The molecule has 42 heavy (non-hydrogen) atoms. The van der Waals surface area contributed by atoms with Gasteiger partial charge in [0.2, 0.25) is 0 Å². The number of fused-ring (bicyclic) bond motifs is 1. The molecule has 4 amide bonds. The Balaban J connectivity index is 1.28. The van der Waals surface area contributed by atoms with E-state index in [2.05, 4.69) is 10.6 Å². The van der Waals surface area contributed by atoms with Gasteiger partial charge < -0.3 is 10.6 Å². The molecule has 0 bridgehead atoms. The van der Waals surface area contributed by atoms with Crippen molar-refractivity contribution in [2.45, 2.75) is 4.90 Å². The fourth-order valence-electron chi connectivity index (χ4n) is 4.29. The first kappa shape index (κ1) is 29.1. The zero-order chi connectivity index (χ0) is 29.6. The average Bonchev–Trinajstić information content (AvgIpc) is 3.24. The highest BCUT2D eigenvalue weighted by Gasteiger charge is 2.34. The lowest BCUT2D eigenvalue weighted by atomic mass is 10.1. The maximum atomic E-state index is 13.4. The SMILES string of the molecule is O=C(Nc1cccc(SCCN2C(=O)c3ccccc3C2=O)c1)/C(=C\c1cccc(Cl)c1Cl)NC(=O)c1ccccc1. The van der Waals surface area contributed by atoms with Gasteiger partial charge in [0.05, 0.1) is 21.2 Å². The number of thioether (sulfide) groups is 1. The van der Waals surface area contributed by atoms with Crippen LogP contribution in [-0.4, -0.2) is 40.8 Å². The molecule has 1 aliphatic rings. The molecule has 0 spiro atoms. The number of carbonyl (C=O) groups excluding carboxylic acids is 4. The summed E-state index contributed by atoms with van der Waals surface area (Å²) in [4.78, 5) is 53.6. The third-order valence-electron chi connectivity index (χ3n) is 6.36. The third-order valence-corrected chi connectivity index (χ3v) is 8.17. The highest BCUT2D eigenvalue weighted by atomic mass is 35.5. The molecule has 0 saturated heterocycles. The van der Waals surface area contributed by atoms with Crippen molar-refractivity contribution in [1.82, 2.24) is 10.2 Å². The van der Waals surface area contributed by atoms with Crippen LogP contribution in [0.5, 0.6) is 0 Å². The van der Waals surface area contributed by atoms with Gasteiger partial charge in [-0.15, -0.1) is 11.8 Å². The van der Waals surface area contributed by atoms with Gasteiger partial charge in [-0.2, -0.15) is 0 Å². The molecule has 0 aromatic heterocycles. The molecule has 0 fully saturated rings. The molecular weight excluding hydrogens is 593 g/mol. The molecule has 2 N–H and O–H groups in total. The zero-order valence-electron chi connectivity index (χ0n) is 22.0. The van der Waals surface area contributed by atoms with Crippen molar-refractivity contribution in [3.05, 3.63) is 135 Å². The van der Waals surface area contributed by atoms with Gasteiger partial charge >= 0.3 is 0 Å². The van der Waals surface area contributed by atoms with Crippen molar-refractivity contribution in [2.75, 3.05) is 17.6 Å². The van der Waals surface area contributed by atoms with E-state index in [0.717, 1.165) is 4.90 Å². The highest BCUT2D eigenvalue weighted by Crippen LogP contribution is 2.28. The van der Waals surface area contributed by atoms with Crippen molar-refractivity contribution in [3.63, 3.8) is 0 Å². The van der Waals surface area contributed by atoms with Crippen LogP contribution in [0.15, 0.2) is 108 Å². The lowest BCUT2D eigenvalue weighted by Gasteiger charge is -2.14. The Hall–Kier alpha value is -4.37. The van der Waals surface area contributed by atoms with Gasteiger partial charge in [0, 0.05) is 28.4 Å². The number of hydrogen-bond donors (Lipinski definition) is 2. The molecule has 0 radical (unpaired) electrons. The predicted octanol–water partition coefficient (Wildman–Crippen LogP) is 6.79. The molecule has 4 aromatic carbocycles. The second kappa shape index (κ2) is 13.1. The Morgan fingerprint density at radius 1 is 0.810 bits per heavy atom. The van der Waals surface area contributed by atoms with Crippen LogP contribution < -0.4 is 10.6 Å². The minimum absolute atomic E-state index is 0.0308. The average molecular weight is 617 g/mol. The van der Waals surface area contributed by atoms with E-state index in [9.17, 15) is 19.2 Å². The molecule has 0 unspecified atom stereocenters. The topological polar surface area (TPSA) is 95.6 Å². The first-order chi connectivity index (χ1) is 20.3. The van der Waals surface area contributed by atoms with Crippen LogP contribution in [0.2, 0.25) is 10.0 Å². The first-order valence-electron chi connectivity index (χ1n) is 12.8. The minimum atomic E-state index is -0.566. The summed E-state index contributed by atoms with van der Waals surface area (Å²) in [6.07, 6.45) is 1.46. The van der Waals surface area contributed by atoms with Gasteiger partial charge in [-0.05, 0) is 60.2 Å². The van der Waals surface area contributed by atoms with Crippen molar-refractivity contribution in [3.8, 4) is 0 Å². The largest absolute Gasteiger partial charge is 0.321 e. The summed E-state index contributed by atoms with van der Waals surface area (Å²) in [6.45, 7) is 0.242. The van der Waals surface area contributed by atoms with E-state index in [1.54, 1.807) is 91.0 Å². The monoisotopic (exact) mass is 615 g/mol. The lowest BCUT2D eigenvalue weighted by Crippen LogP contribution is -2.31. The number of nitrogens with one attached hydrogen (secondary N) is 2. The highest BCUT2D eigenvalue weighted by molar-refractivity contribution is 7.99. The van der Waals surface area contributed by atoms with Crippen LogP contribution in [-0.2, 0) is 4.79 Å². The molecule has 0 aliphatic carbocycles. The molecule has 1 heterocycles. The van der Waals surface area contributed by atoms with Crippen LogP contribution in [0.4, 0.5) is 5.69 Å². The number of rotatable bonds is 9. The van der Waals surface area contributed by atoms with Crippen LogP contribution in [0.3, 0.4) is 0 Å². The standard InChI is InChI=1S/C32H23Cl2N3O4S/c33-26-15-6-10-21(28(26)34)18-27(36-29(38)20-8-2-1-3-9-20)30(39)35-22-11-7-12-23(19-22)42-17-16-37-31(40)24-13-4-5-14-25(24)32(37)41/h1-15,18-19H,16-17H2,(H,35,39)(H,36,38)/b27-18+. The van der Waals surface area contributed by atoms with Crippen molar-refractivity contribution < 1.29 is 19.2 Å². The summed E-state index contributed by atoms with van der Waals surface area (Å²) in [7, 11) is 0. The Bertz CT molecular complexity index is 1690. The summed E-state index contributed by atoms with van der Waals surface area (Å²) in [6, 6.07) is 27.4. The smallest absolute Gasteiger partial charge is 0.272 e. The van der Waals surface area contributed by atoms with Gasteiger partial charge in [-0.3, -0.25) is 24.1 Å². The van der Waals surface area contributed by atoms with E-state index in [-0.39, 0.29) is 29.1 Å². The van der Waals surface area contributed by atoms with Gasteiger partial charge in [0.15, 0.2) is 0 Å². The molecule has 0 saturated carbocycles. The van der Waals surface area contributed by atoms with Gasteiger partial charge in [-0.25, -0.2) is 0 Å². The van der Waals surface area contributed by atoms with Gasteiger partial charge in [0.25, 0.3) is 23.6 Å². The van der Waals surface area contributed by atoms with E-state index in [0.29, 0.717) is 38.7 Å². The number of imide groups is 1. The van der Waals surface area contributed by atoms with Crippen molar-refractivity contribution in [1.29, 1.82) is 0 Å². The summed E-state index contributed by atoms with van der Waals surface area (Å²) >= 11 is 13.9. The summed E-state index contributed by atoms with van der Waals surface area (Å²) in [5.74, 6) is -1.16. The van der Waals surface area contributed by atoms with E-state index in [1.165, 1.54) is 22.7 Å². The maximum absolute atomic E-state index is 13.4. The Morgan fingerprint density at radius 3 is 2.19 bits per heavy atom. The van der Waals surface area contributed by atoms with E-state index < -0.39 is 11.8 Å². The third kappa shape index (κ3) is 6.57. The van der Waals surface area contributed by atoms with Crippen LogP contribution in [0, 0.1) is 0 Å². The normalized spacial score (nSPS) is 12.7. The predicted molar refractivity (Wildman–Crippen MR) is 166 cm³/mol. The fraction of sp³-hybridized carbons (Fsp3) is 0.0625. The van der Waals surface area contributed by atoms with E-state index in [4.69, 9.17) is 23.2 Å². The van der Waals surface area contributed by atoms with Gasteiger partial charge in [0.1, 0.15) is 5.70 Å². The minimum Gasteiger partial charge on any atom is -0.321 e. The lowest BCUT2D eigenvalue weighted by molar-refractivity contribution is -0.113. The Labute approximate surface area is 256 Å². The van der Waals surface area contributed by atoms with Crippen molar-refractivity contribution in [2.24, 2.45) is 0 Å². The Morgan fingerprint density at radius 2 is 1.48 bits per heavy atom. The molecule has 0 atom stereocenters. The molecular formula is C32H23Cl2N3O4S. The van der Waals surface area contributed by atoms with Crippen molar-refractivity contribution >= 4 is 70.4 Å². The number of anilines is 1. The number of nitrogens with zero attached hydrogens (tertiary/aromatic N) is 1. The summed E-state index contributed by atoms with van der Waals surface area (Å²) in [5.41, 5.74) is 2.13. The molecule has 210 valence electrons. The second-order valence-electron chi connectivity index (χ2n) is 9.16. The number of carbonyl (C=O) groups is 4. The molecule has 5 rings (SSSR count). The number of amides is 4. The van der Waals surface area contributed by atoms with E-state index in [1.807, 2.05) is 6.07 Å². The second-order valence-corrected chi connectivity index (χ2v) is 11.1. The van der Waals surface area contributed by atoms with Crippen LogP contribution in [0.1, 0.15) is 36.6 Å². The maximum Gasteiger partial charge on any atom is 0.272 e. The molecule has 7 nitrogen and oxygen atoms in total. The molecule has 4 aromatic rings. The number of benzene rings is 4. The number of hydrogen-bond acceptors (Lipinski definition) is 5. The van der Waals surface area contributed by atoms with Crippen LogP contribution in [0.25, 0.3) is 6.08 Å². The van der Waals surface area contributed by atoms with Crippen LogP contribution >= 0.6 is 35.0 Å². The fourth-order valence-corrected chi connectivity index (χ4v) is 5.55. The quantitative estimate of drug-likeness (QED) is 0.123. The first-order valence-corrected chi connectivity index (χ1v) is 14.6. The zero-order valence-corrected chi connectivity index (χ0v) is 24.3. The Kier molecular flexibility index (Phi) is 9.07. The summed E-state index contributed by atoms with van der Waals surface area (Å²) in [5, 5.41) is 6.06. The molecule has 1 aliphatic heterocycles. The summed E-state index contributed by atoms with van der Waals surface area (Å²) < 4.78 is 0. The number of halogens is 2. The molecule has 10 heteroatoms. The van der Waals surface area contributed by atoms with E-state index >= 15 is 0 Å².